The summed E-state index contributed by atoms with van der Waals surface area (Å²) in [6.45, 7) is 2.95. The molecule has 1 aliphatic rings. The average Bonchev–Trinajstić information content (AvgIpc) is 2.62. The van der Waals surface area contributed by atoms with Gasteiger partial charge >= 0.3 is 0 Å². The minimum atomic E-state index is -0.274. The number of benzene rings is 1. The molecule has 2 heterocycles. The number of carbonyl (C=O) groups is 1. The van der Waals surface area contributed by atoms with Crippen molar-refractivity contribution in [1.82, 2.24) is 9.97 Å². The molecule has 1 saturated heterocycles. The van der Waals surface area contributed by atoms with E-state index in [0.717, 1.165) is 5.56 Å². The van der Waals surface area contributed by atoms with Crippen LogP contribution in [0.15, 0.2) is 35.1 Å². The molecule has 0 radical (unpaired) electrons. The van der Waals surface area contributed by atoms with Gasteiger partial charge in [-0.1, -0.05) is 12.1 Å². The first kappa shape index (κ1) is 17.1. The fraction of sp³-hybridized carbons (Fsp3) is 0.353. The van der Waals surface area contributed by atoms with E-state index in [9.17, 15) is 9.59 Å². The van der Waals surface area contributed by atoms with Crippen LogP contribution in [-0.4, -0.2) is 42.2 Å². The molecule has 0 bridgehead atoms. The van der Waals surface area contributed by atoms with E-state index in [1.807, 2.05) is 23.1 Å². The maximum Gasteiger partial charge on any atom is 0.252 e. The second kappa shape index (κ2) is 7.91. The minimum Gasteiger partial charge on any atom is -0.378 e. The summed E-state index contributed by atoms with van der Waals surface area (Å²) in [5.41, 5.74) is 6.92. The van der Waals surface area contributed by atoms with Gasteiger partial charge in [0.05, 0.1) is 19.6 Å². The molecule has 25 heavy (non-hydrogen) atoms. The molecule has 1 aromatic carbocycles. The Kier molecular flexibility index (Phi) is 5.42. The van der Waals surface area contributed by atoms with E-state index in [1.165, 1.54) is 6.07 Å². The lowest BCUT2D eigenvalue weighted by molar-refractivity contribution is -0.115. The lowest BCUT2D eigenvalue weighted by Gasteiger charge is -2.27. The van der Waals surface area contributed by atoms with E-state index in [-0.39, 0.29) is 17.9 Å². The van der Waals surface area contributed by atoms with Crippen LogP contribution >= 0.6 is 0 Å². The number of aromatic amines is 1. The number of rotatable bonds is 5. The molecule has 1 amide bonds. The van der Waals surface area contributed by atoms with Gasteiger partial charge in [-0.15, -0.1) is 0 Å². The Hall–Kier alpha value is -2.71. The predicted octanol–water partition coefficient (Wildman–Crippen LogP) is 0.246. The van der Waals surface area contributed by atoms with Crippen LogP contribution in [0.25, 0.3) is 0 Å². The zero-order valence-electron chi connectivity index (χ0n) is 13.8. The highest BCUT2D eigenvalue weighted by Gasteiger charge is 2.15. The van der Waals surface area contributed by atoms with Crippen molar-refractivity contribution in [2.45, 2.75) is 13.0 Å². The molecule has 0 saturated carbocycles. The maximum atomic E-state index is 12.2. The van der Waals surface area contributed by atoms with Gasteiger partial charge in [0.15, 0.2) is 0 Å². The molecule has 0 unspecified atom stereocenters. The molecule has 0 spiro atoms. The lowest BCUT2D eigenvalue weighted by Crippen LogP contribution is -2.37. The summed E-state index contributed by atoms with van der Waals surface area (Å²) < 4.78 is 5.30. The molecule has 1 aromatic heterocycles. The Morgan fingerprint density at radius 1 is 1.32 bits per heavy atom. The molecular weight excluding hydrogens is 322 g/mol. The van der Waals surface area contributed by atoms with Gasteiger partial charge in [0.2, 0.25) is 5.91 Å². The number of hydrogen-bond acceptors (Lipinski definition) is 6. The molecule has 1 aliphatic heterocycles. The number of nitrogens with one attached hydrogen (secondary N) is 2. The molecular formula is C17H21N5O3. The number of aromatic nitrogens is 2. The van der Waals surface area contributed by atoms with Crippen molar-refractivity contribution in [3.8, 4) is 0 Å². The van der Waals surface area contributed by atoms with Crippen LogP contribution in [0.1, 0.15) is 11.4 Å². The molecule has 3 rings (SSSR count). The Morgan fingerprint density at radius 3 is 2.88 bits per heavy atom. The Balaban J connectivity index is 1.70. The number of hydrogen-bond donors (Lipinski definition) is 3. The van der Waals surface area contributed by atoms with Crippen molar-refractivity contribution in [3.05, 3.63) is 52.1 Å². The Morgan fingerprint density at radius 2 is 2.12 bits per heavy atom. The van der Waals surface area contributed by atoms with Crippen LogP contribution in [0.4, 0.5) is 11.5 Å². The summed E-state index contributed by atoms with van der Waals surface area (Å²) in [6, 6.07) is 8.77. The number of ether oxygens (including phenoxy) is 1. The second-order valence-electron chi connectivity index (χ2n) is 5.78. The van der Waals surface area contributed by atoms with Crippen molar-refractivity contribution in [2.24, 2.45) is 5.73 Å². The zero-order valence-corrected chi connectivity index (χ0v) is 13.8. The molecule has 4 N–H and O–H groups in total. The van der Waals surface area contributed by atoms with Gasteiger partial charge in [0.25, 0.3) is 5.56 Å². The second-order valence-corrected chi connectivity index (χ2v) is 5.78. The fourth-order valence-electron chi connectivity index (χ4n) is 2.67. The van der Waals surface area contributed by atoms with Crippen LogP contribution in [0.5, 0.6) is 0 Å². The largest absolute Gasteiger partial charge is 0.378 e. The first-order valence-corrected chi connectivity index (χ1v) is 8.16. The van der Waals surface area contributed by atoms with Crippen LogP contribution in [0.2, 0.25) is 0 Å². The Labute approximate surface area is 145 Å². The lowest BCUT2D eigenvalue weighted by atomic mass is 10.2. The molecule has 8 nitrogen and oxygen atoms in total. The monoisotopic (exact) mass is 343 g/mol. The number of amides is 1. The van der Waals surface area contributed by atoms with Gasteiger partial charge in [0.1, 0.15) is 11.6 Å². The number of anilines is 2. The van der Waals surface area contributed by atoms with E-state index in [4.69, 9.17) is 10.5 Å². The average molecular weight is 343 g/mol. The summed E-state index contributed by atoms with van der Waals surface area (Å²) in [5, 5.41) is 2.79. The zero-order chi connectivity index (χ0) is 17.6. The molecule has 0 aliphatic carbocycles. The van der Waals surface area contributed by atoms with Gasteiger partial charge in [-0.3, -0.25) is 9.59 Å². The van der Waals surface area contributed by atoms with Gasteiger partial charge in [-0.25, -0.2) is 4.98 Å². The summed E-state index contributed by atoms with van der Waals surface area (Å²) in [7, 11) is 0. The first-order valence-electron chi connectivity index (χ1n) is 8.16. The third-order valence-corrected chi connectivity index (χ3v) is 3.89. The molecule has 8 heteroatoms. The highest BCUT2D eigenvalue weighted by Crippen LogP contribution is 2.12. The van der Waals surface area contributed by atoms with E-state index in [0.29, 0.717) is 50.2 Å². The first-order chi connectivity index (χ1) is 12.1. The minimum absolute atomic E-state index is 0.0136. The number of nitrogens with two attached hydrogens (primary N) is 1. The van der Waals surface area contributed by atoms with Gasteiger partial charge in [-0.2, -0.15) is 0 Å². The van der Waals surface area contributed by atoms with Crippen molar-refractivity contribution >= 4 is 17.4 Å². The quantitative estimate of drug-likeness (QED) is 0.717. The van der Waals surface area contributed by atoms with Crippen LogP contribution in [-0.2, 0) is 22.5 Å². The van der Waals surface area contributed by atoms with Crippen LogP contribution < -0.4 is 21.5 Å². The van der Waals surface area contributed by atoms with E-state index in [1.54, 1.807) is 6.07 Å². The van der Waals surface area contributed by atoms with Crippen molar-refractivity contribution in [1.29, 1.82) is 0 Å². The standard InChI is InChI=1S/C17H21N5O3/c18-11-12-2-1-3-13(8-12)19-16(23)9-14-20-15(10-17(24)21-14)22-4-6-25-7-5-22/h1-3,8,10H,4-7,9,11,18H2,(H,19,23)(H,20,21,24). The third-order valence-electron chi connectivity index (χ3n) is 3.89. The highest BCUT2D eigenvalue weighted by atomic mass is 16.5. The van der Waals surface area contributed by atoms with Crippen LogP contribution in [0, 0.1) is 0 Å². The molecule has 0 atom stereocenters. The van der Waals surface area contributed by atoms with Gasteiger partial charge < -0.3 is 25.7 Å². The van der Waals surface area contributed by atoms with Gasteiger partial charge in [0, 0.05) is 31.4 Å². The Bertz CT molecular complexity index is 799. The summed E-state index contributed by atoms with van der Waals surface area (Å²) in [5.74, 6) is 0.651. The van der Waals surface area contributed by atoms with Crippen molar-refractivity contribution in [2.75, 3.05) is 36.5 Å². The fourth-order valence-corrected chi connectivity index (χ4v) is 2.67. The van der Waals surface area contributed by atoms with E-state index < -0.39 is 0 Å². The number of H-pyrrole nitrogens is 1. The third kappa shape index (κ3) is 4.65. The number of carbonyl (C=O) groups excluding carboxylic acids is 1. The molecule has 2 aromatic rings. The van der Waals surface area contributed by atoms with Crippen molar-refractivity contribution < 1.29 is 9.53 Å². The SMILES string of the molecule is NCc1cccc(NC(=O)Cc2nc(N3CCOCC3)cc(=O)[nH]2)c1. The highest BCUT2D eigenvalue weighted by molar-refractivity contribution is 5.91. The van der Waals surface area contributed by atoms with E-state index in [2.05, 4.69) is 15.3 Å². The summed E-state index contributed by atoms with van der Waals surface area (Å²) in [4.78, 5) is 33.1. The van der Waals surface area contributed by atoms with E-state index >= 15 is 0 Å². The summed E-state index contributed by atoms with van der Waals surface area (Å²) >= 11 is 0. The topological polar surface area (TPSA) is 113 Å². The molecule has 132 valence electrons. The smallest absolute Gasteiger partial charge is 0.252 e. The normalized spacial score (nSPS) is 14.4. The molecule has 1 fully saturated rings. The number of nitrogens with zero attached hydrogens (tertiary/aromatic N) is 2. The maximum absolute atomic E-state index is 12.2. The van der Waals surface area contributed by atoms with Crippen LogP contribution in [0.3, 0.4) is 0 Å². The predicted molar refractivity (Wildman–Crippen MR) is 94.6 cm³/mol. The van der Waals surface area contributed by atoms with Crippen molar-refractivity contribution in [3.63, 3.8) is 0 Å². The van der Waals surface area contributed by atoms with Gasteiger partial charge in [-0.05, 0) is 17.7 Å². The summed E-state index contributed by atoms with van der Waals surface area (Å²) in [6.07, 6.45) is -0.0136. The number of morpholine rings is 1.